The number of carbonyl (C=O) groups is 1. The highest BCUT2D eigenvalue weighted by Gasteiger charge is 2.16. The fraction of sp³-hybridized carbons (Fsp3) is 0.211. The van der Waals surface area contributed by atoms with Crippen LogP contribution in [0.4, 0.5) is 0 Å². The number of aromatic nitrogens is 3. The number of rotatable bonds is 4. The van der Waals surface area contributed by atoms with Crippen LogP contribution in [0.25, 0.3) is 5.82 Å². The molecule has 1 aliphatic heterocycles. The first-order valence-corrected chi connectivity index (χ1v) is 8.89. The van der Waals surface area contributed by atoms with Crippen LogP contribution in [-0.2, 0) is 6.54 Å². The van der Waals surface area contributed by atoms with Crippen LogP contribution in [0.2, 0.25) is 5.02 Å². The molecule has 0 saturated heterocycles. The van der Waals surface area contributed by atoms with E-state index in [1.165, 1.54) is 6.20 Å². The smallest absolute Gasteiger partial charge is 0.253 e. The molecular weight excluding hydrogens is 368 g/mol. The average Bonchev–Trinajstić information content (AvgIpc) is 3.12. The highest BCUT2D eigenvalue weighted by Crippen LogP contribution is 2.37. The van der Waals surface area contributed by atoms with Crippen LogP contribution < -0.4 is 14.8 Å². The number of nitrogens with one attached hydrogen (secondary N) is 1. The molecule has 0 radical (unpaired) electrons. The molecule has 7 nitrogen and oxygen atoms in total. The summed E-state index contributed by atoms with van der Waals surface area (Å²) >= 11 is 6.28. The third kappa shape index (κ3) is 3.88. The highest BCUT2D eigenvalue weighted by molar-refractivity contribution is 6.32. The molecule has 3 heterocycles. The summed E-state index contributed by atoms with van der Waals surface area (Å²) in [5.74, 6) is 1.64. The van der Waals surface area contributed by atoms with Crippen molar-refractivity contribution in [2.24, 2.45) is 0 Å². The first-order chi connectivity index (χ1) is 13.2. The van der Waals surface area contributed by atoms with Gasteiger partial charge in [-0.05, 0) is 29.8 Å². The molecule has 1 amide bonds. The molecule has 8 heteroatoms. The first kappa shape index (κ1) is 17.4. The normalized spacial score (nSPS) is 13.1. The maximum absolute atomic E-state index is 12.4. The maximum atomic E-state index is 12.4. The van der Waals surface area contributed by atoms with E-state index in [-0.39, 0.29) is 5.91 Å². The predicted molar refractivity (Wildman–Crippen MR) is 99.6 cm³/mol. The number of carbonyl (C=O) groups excluding carboxylic acids is 1. The van der Waals surface area contributed by atoms with Gasteiger partial charge in [-0.2, -0.15) is 0 Å². The molecule has 1 aliphatic rings. The molecule has 2 aromatic heterocycles. The molecule has 4 rings (SSSR count). The van der Waals surface area contributed by atoms with Gasteiger partial charge in [-0.3, -0.25) is 9.36 Å². The Hall–Kier alpha value is -3.06. The van der Waals surface area contributed by atoms with Crippen molar-refractivity contribution < 1.29 is 14.3 Å². The zero-order valence-corrected chi connectivity index (χ0v) is 15.1. The van der Waals surface area contributed by atoms with Crippen molar-refractivity contribution in [2.75, 3.05) is 13.2 Å². The first-order valence-electron chi connectivity index (χ1n) is 8.51. The standard InChI is InChI=1S/C19H17ClN4O3/c20-15-8-13(9-16-18(15)27-7-1-6-26-16)10-23-19(25)14-2-3-17(22-11-14)24-5-4-21-12-24/h2-5,8-9,11-12H,1,6-7,10H2,(H,23,25). The second-order valence-electron chi connectivity index (χ2n) is 6.01. The minimum absolute atomic E-state index is 0.220. The van der Waals surface area contributed by atoms with Crippen molar-refractivity contribution in [3.8, 4) is 17.3 Å². The molecule has 0 bridgehead atoms. The summed E-state index contributed by atoms with van der Waals surface area (Å²) in [5.41, 5.74) is 1.31. The molecule has 0 unspecified atom stereocenters. The Morgan fingerprint density at radius 2 is 2.15 bits per heavy atom. The molecular formula is C19H17ClN4O3. The van der Waals surface area contributed by atoms with Crippen LogP contribution in [-0.4, -0.2) is 33.7 Å². The van der Waals surface area contributed by atoms with Crippen molar-refractivity contribution in [3.05, 3.63) is 65.3 Å². The maximum Gasteiger partial charge on any atom is 0.253 e. The van der Waals surface area contributed by atoms with Crippen molar-refractivity contribution in [2.45, 2.75) is 13.0 Å². The lowest BCUT2D eigenvalue weighted by Gasteiger charge is -2.12. The van der Waals surface area contributed by atoms with E-state index in [2.05, 4.69) is 15.3 Å². The lowest BCUT2D eigenvalue weighted by Crippen LogP contribution is -2.23. The molecule has 1 N–H and O–H groups in total. The quantitative estimate of drug-likeness (QED) is 0.748. The summed E-state index contributed by atoms with van der Waals surface area (Å²) in [7, 11) is 0. The van der Waals surface area contributed by atoms with E-state index in [1.807, 2.05) is 6.07 Å². The van der Waals surface area contributed by atoms with Crippen molar-refractivity contribution in [1.29, 1.82) is 0 Å². The van der Waals surface area contributed by atoms with E-state index in [0.29, 0.717) is 47.7 Å². The average molecular weight is 385 g/mol. The van der Waals surface area contributed by atoms with Gasteiger partial charge in [-0.15, -0.1) is 0 Å². The molecule has 0 atom stereocenters. The van der Waals surface area contributed by atoms with E-state index in [1.54, 1.807) is 41.5 Å². The van der Waals surface area contributed by atoms with Crippen molar-refractivity contribution in [3.63, 3.8) is 0 Å². The summed E-state index contributed by atoms with van der Waals surface area (Å²) in [6.45, 7) is 1.47. The Morgan fingerprint density at radius 1 is 1.26 bits per heavy atom. The third-order valence-electron chi connectivity index (χ3n) is 4.09. The molecule has 3 aromatic rings. The molecule has 0 saturated carbocycles. The zero-order valence-electron chi connectivity index (χ0n) is 14.4. The van der Waals surface area contributed by atoms with Gasteiger partial charge in [0, 0.05) is 31.6 Å². The molecule has 138 valence electrons. The predicted octanol–water partition coefficient (Wildman–Crippen LogP) is 3.01. The lowest BCUT2D eigenvalue weighted by molar-refractivity contribution is 0.0950. The number of halogens is 1. The minimum atomic E-state index is -0.220. The minimum Gasteiger partial charge on any atom is -0.489 e. The van der Waals surface area contributed by atoms with Gasteiger partial charge in [-0.1, -0.05) is 11.6 Å². The number of ether oxygens (including phenoxy) is 2. The van der Waals surface area contributed by atoms with E-state index < -0.39 is 0 Å². The number of pyridine rings is 1. The second kappa shape index (κ2) is 7.67. The molecule has 27 heavy (non-hydrogen) atoms. The molecule has 0 spiro atoms. The van der Waals surface area contributed by atoms with E-state index in [4.69, 9.17) is 21.1 Å². The number of amides is 1. The summed E-state index contributed by atoms with van der Waals surface area (Å²) in [6, 6.07) is 7.10. The Balaban J connectivity index is 1.43. The molecule has 0 fully saturated rings. The summed E-state index contributed by atoms with van der Waals surface area (Å²) in [5, 5.41) is 3.34. The van der Waals surface area contributed by atoms with Gasteiger partial charge in [0.2, 0.25) is 0 Å². The Bertz CT molecular complexity index is 942. The largest absolute Gasteiger partial charge is 0.489 e. The summed E-state index contributed by atoms with van der Waals surface area (Å²) in [6.07, 6.45) is 7.44. The van der Waals surface area contributed by atoms with Gasteiger partial charge >= 0.3 is 0 Å². The lowest BCUT2D eigenvalue weighted by atomic mass is 10.2. The van der Waals surface area contributed by atoms with E-state index in [0.717, 1.165) is 12.0 Å². The Kier molecular flexibility index (Phi) is 4.93. The fourth-order valence-corrected chi connectivity index (χ4v) is 3.03. The monoisotopic (exact) mass is 384 g/mol. The summed E-state index contributed by atoms with van der Waals surface area (Å²) < 4.78 is 13.0. The third-order valence-corrected chi connectivity index (χ3v) is 4.37. The van der Waals surface area contributed by atoms with Crippen LogP contribution in [0.1, 0.15) is 22.3 Å². The summed E-state index contributed by atoms with van der Waals surface area (Å²) in [4.78, 5) is 20.6. The van der Waals surface area contributed by atoms with Crippen LogP contribution >= 0.6 is 11.6 Å². The number of nitrogens with zero attached hydrogens (tertiary/aromatic N) is 3. The SMILES string of the molecule is O=C(NCc1cc(Cl)c2c(c1)OCCCO2)c1ccc(-n2ccnc2)nc1. The topological polar surface area (TPSA) is 78.3 Å². The van der Waals surface area contributed by atoms with Crippen molar-refractivity contribution in [1.82, 2.24) is 19.9 Å². The van der Waals surface area contributed by atoms with Crippen LogP contribution in [0.5, 0.6) is 11.5 Å². The molecule has 1 aromatic carbocycles. The number of benzene rings is 1. The van der Waals surface area contributed by atoms with Gasteiger partial charge in [-0.25, -0.2) is 9.97 Å². The van der Waals surface area contributed by atoms with Crippen LogP contribution in [0, 0.1) is 0 Å². The van der Waals surface area contributed by atoms with Gasteiger partial charge in [0.15, 0.2) is 11.5 Å². The van der Waals surface area contributed by atoms with Gasteiger partial charge < -0.3 is 14.8 Å². The highest BCUT2D eigenvalue weighted by atomic mass is 35.5. The Labute approximate surface area is 160 Å². The Morgan fingerprint density at radius 3 is 2.93 bits per heavy atom. The van der Waals surface area contributed by atoms with Gasteiger partial charge in [0.25, 0.3) is 5.91 Å². The van der Waals surface area contributed by atoms with Crippen LogP contribution in [0.3, 0.4) is 0 Å². The number of hydrogen-bond donors (Lipinski definition) is 1. The van der Waals surface area contributed by atoms with E-state index >= 15 is 0 Å². The second-order valence-corrected chi connectivity index (χ2v) is 6.42. The number of hydrogen-bond acceptors (Lipinski definition) is 5. The van der Waals surface area contributed by atoms with Gasteiger partial charge in [0.1, 0.15) is 12.1 Å². The van der Waals surface area contributed by atoms with Gasteiger partial charge in [0.05, 0.1) is 23.8 Å². The number of fused-ring (bicyclic) bond motifs is 1. The van der Waals surface area contributed by atoms with Crippen LogP contribution in [0.15, 0.2) is 49.2 Å². The zero-order chi connectivity index (χ0) is 18.6. The van der Waals surface area contributed by atoms with E-state index in [9.17, 15) is 4.79 Å². The fourth-order valence-electron chi connectivity index (χ4n) is 2.74. The molecule has 0 aliphatic carbocycles. The number of imidazole rings is 1. The van der Waals surface area contributed by atoms with Crippen molar-refractivity contribution >= 4 is 17.5 Å².